The van der Waals surface area contributed by atoms with Crippen LogP contribution in [0.25, 0.3) is 0 Å². The van der Waals surface area contributed by atoms with E-state index < -0.39 is 53.2 Å². The maximum Gasteiger partial charge on any atom is 0.344 e. The highest BCUT2D eigenvalue weighted by Gasteiger charge is 2.50. The van der Waals surface area contributed by atoms with E-state index in [0.717, 1.165) is 12.1 Å². The van der Waals surface area contributed by atoms with E-state index in [0.29, 0.717) is 22.4 Å². The molecule has 4 amide bonds. The van der Waals surface area contributed by atoms with Crippen molar-refractivity contribution in [3.63, 3.8) is 0 Å². The predicted molar refractivity (Wildman–Crippen MR) is 101 cm³/mol. The van der Waals surface area contributed by atoms with Crippen LogP contribution in [-0.4, -0.2) is 42.5 Å². The molecule has 0 saturated carbocycles. The number of imide groups is 1. The number of amides is 4. The number of nitrogens with zero attached hydrogens (tertiary/aromatic N) is 1. The average molecular weight is 433 g/mol. The Bertz CT molecular complexity index is 1060. The lowest BCUT2D eigenvalue weighted by molar-refractivity contribution is -0.140. The van der Waals surface area contributed by atoms with Crippen LogP contribution < -0.4 is 15.5 Å². The molecule has 0 bridgehead atoms. The quantitative estimate of drug-likeness (QED) is 0.529. The molecular weight excluding hydrogens is 416 g/mol. The van der Waals surface area contributed by atoms with Crippen molar-refractivity contribution in [3.8, 4) is 5.75 Å². The number of ether oxygens (including phenoxy) is 2. The van der Waals surface area contributed by atoms with Gasteiger partial charge in [-0.3, -0.25) is 15.0 Å². The highest BCUT2D eigenvalue weighted by Crippen LogP contribution is 2.29. The number of carbonyl (C=O) groups excluding carboxylic acids is 4. The molecule has 0 aromatic heterocycles. The van der Waals surface area contributed by atoms with Crippen molar-refractivity contribution < 1.29 is 37.4 Å². The van der Waals surface area contributed by atoms with Crippen LogP contribution in [0.3, 0.4) is 0 Å². The van der Waals surface area contributed by atoms with Crippen LogP contribution in [0.1, 0.15) is 22.8 Å². The van der Waals surface area contributed by atoms with Crippen molar-refractivity contribution in [1.82, 2.24) is 15.8 Å². The lowest BCUT2D eigenvalue weighted by atomic mass is 9.92. The lowest BCUT2D eigenvalue weighted by Crippen LogP contribution is -2.49. The van der Waals surface area contributed by atoms with Crippen LogP contribution >= 0.6 is 0 Å². The van der Waals surface area contributed by atoms with Gasteiger partial charge >= 0.3 is 12.0 Å². The molecule has 3 rings (SSSR count). The van der Waals surface area contributed by atoms with Crippen LogP contribution in [0.4, 0.5) is 13.6 Å². The molecule has 0 spiro atoms. The minimum Gasteiger partial charge on any atom is -0.497 e. The third-order valence-electron chi connectivity index (χ3n) is 4.58. The SMILES string of the molecule is COc1ccc(C2(C)NC(=O)N(NC(=O)COC(=O)c3ccc(F)cc3F)C2=O)cc1. The van der Waals surface area contributed by atoms with Crippen molar-refractivity contribution in [1.29, 1.82) is 0 Å². The van der Waals surface area contributed by atoms with Gasteiger partial charge in [-0.25, -0.2) is 18.4 Å². The van der Waals surface area contributed by atoms with E-state index in [1.165, 1.54) is 14.0 Å². The molecule has 1 saturated heterocycles. The number of hydrazine groups is 1. The number of nitrogens with one attached hydrogen (secondary N) is 2. The Morgan fingerprint density at radius 3 is 2.42 bits per heavy atom. The van der Waals surface area contributed by atoms with Crippen LogP contribution in [0.5, 0.6) is 5.75 Å². The minimum absolute atomic E-state index is 0.446. The third-order valence-corrected chi connectivity index (χ3v) is 4.58. The van der Waals surface area contributed by atoms with Crippen LogP contribution in [0, 0.1) is 11.6 Å². The summed E-state index contributed by atoms with van der Waals surface area (Å²) in [5.74, 6) is -4.49. The number of halogens is 2. The number of carbonyl (C=O) groups is 4. The molecule has 1 fully saturated rings. The molecule has 31 heavy (non-hydrogen) atoms. The van der Waals surface area contributed by atoms with Crippen molar-refractivity contribution in [2.24, 2.45) is 0 Å². The second kappa shape index (κ2) is 8.38. The van der Waals surface area contributed by atoms with Crippen molar-refractivity contribution >= 4 is 23.8 Å². The Balaban J connectivity index is 1.63. The van der Waals surface area contributed by atoms with Gasteiger partial charge in [0.05, 0.1) is 12.7 Å². The Labute approximate surface area is 174 Å². The lowest BCUT2D eigenvalue weighted by Gasteiger charge is -2.22. The van der Waals surface area contributed by atoms with E-state index in [4.69, 9.17) is 4.74 Å². The standard InChI is InChI=1S/C20H17F2N3O6/c1-20(11-3-6-13(30-2)7-4-11)18(28)25(19(29)23-20)24-16(26)10-31-17(27)14-8-5-12(21)9-15(14)22/h3-9H,10H2,1-2H3,(H,23,29)(H,24,26). The molecule has 0 aliphatic carbocycles. The summed E-state index contributed by atoms with van der Waals surface area (Å²) in [5.41, 5.74) is 0.453. The number of methoxy groups -OCH3 is 1. The molecule has 1 aliphatic heterocycles. The average Bonchev–Trinajstić information content (AvgIpc) is 2.96. The topological polar surface area (TPSA) is 114 Å². The van der Waals surface area contributed by atoms with Gasteiger partial charge < -0.3 is 14.8 Å². The van der Waals surface area contributed by atoms with Gasteiger partial charge in [0.1, 0.15) is 22.9 Å². The number of urea groups is 1. The Morgan fingerprint density at radius 2 is 1.81 bits per heavy atom. The molecule has 1 aliphatic rings. The van der Waals surface area contributed by atoms with Crippen LogP contribution in [0.15, 0.2) is 42.5 Å². The van der Waals surface area contributed by atoms with Gasteiger partial charge in [-0.15, -0.1) is 0 Å². The maximum atomic E-state index is 13.6. The highest BCUT2D eigenvalue weighted by molar-refractivity contribution is 6.08. The van der Waals surface area contributed by atoms with E-state index in [2.05, 4.69) is 10.1 Å². The first kappa shape index (κ1) is 21.7. The molecule has 11 heteroatoms. The van der Waals surface area contributed by atoms with E-state index in [9.17, 15) is 28.0 Å². The van der Waals surface area contributed by atoms with Gasteiger partial charge in [0.15, 0.2) is 6.61 Å². The normalized spacial score (nSPS) is 17.9. The molecule has 1 unspecified atom stereocenters. The summed E-state index contributed by atoms with van der Waals surface area (Å²) in [4.78, 5) is 48.9. The Hall–Kier alpha value is -4.02. The number of benzene rings is 2. The number of hydrogen-bond donors (Lipinski definition) is 2. The molecule has 162 valence electrons. The van der Waals surface area contributed by atoms with Crippen molar-refractivity contribution in [2.75, 3.05) is 13.7 Å². The van der Waals surface area contributed by atoms with Gasteiger partial charge in [0.25, 0.3) is 11.8 Å². The highest BCUT2D eigenvalue weighted by atomic mass is 19.1. The second-order valence-corrected chi connectivity index (χ2v) is 6.66. The largest absolute Gasteiger partial charge is 0.497 e. The first-order chi connectivity index (χ1) is 14.7. The number of rotatable bonds is 6. The molecule has 1 atom stereocenters. The molecule has 2 N–H and O–H groups in total. The van der Waals surface area contributed by atoms with Crippen LogP contribution in [0.2, 0.25) is 0 Å². The zero-order valence-corrected chi connectivity index (χ0v) is 16.4. The van der Waals surface area contributed by atoms with Crippen LogP contribution in [-0.2, 0) is 19.9 Å². The van der Waals surface area contributed by atoms with Gasteiger partial charge in [-0.05, 0) is 36.8 Å². The summed E-state index contributed by atoms with van der Waals surface area (Å²) in [6.45, 7) is 0.546. The summed E-state index contributed by atoms with van der Waals surface area (Å²) in [6, 6.07) is 7.69. The van der Waals surface area contributed by atoms with E-state index in [-0.39, 0.29) is 0 Å². The van der Waals surface area contributed by atoms with E-state index in [1.807, 2.05) is 5.43 Å². The fourth-order valence-electron chi connectivity index (χ4n) is 2.88. The molecule has 9 nitrogen and oxygen atoms in total. The van der Waals surface area contributed by atoms with Gasteiger partial charge in [-0.1, -0.05) is 12.1 Å². The summed E-state index contributed by atoms with van der Waals surface area (Å²) >= 11 is 0. The van der Waals surface area contributed by atoms with E-state index >= 15 is 0 Å². The zero-order valence-electron chi connectivity index (χ0n) is 16.4. The first-order valence-electron chi connectivity index (χ1n) is 8.88. The fourth-order valence-corrected chi connectivity index (χ4v) is 2.88. The van der Waals surface area contributed by atoms with Gasteiger partial charge in [0, 0.05) is 6.07 Å². The number of hydrogen-bond acceptors (Lipinski definition) is 6. The smallest absolute Gasteiger partial charge is 0.344 e. The van der Waals surface area contributed by atoms with Gasteiger partial charge in [-0.2, -0.15) is 5.01 Å². The second-order valence-electron chi connectivity index (χ2n) is 6.66. The molecule has 2 aromatic rings. The molecule has 2 aromatic carbocycles. The maximum absolute atomic E-state index is 13.6. The van der Waals surface area contributed by atoms with Crippen molar-refractivity contribution in [2.45, 2.75) is 12.5 Å². The number of esters is 1. The van der Waals surface area contributed by atoms with Gasteiger partial charge in [0.2, 0.25) is 0 Å². The Kier molecular flexibility index (Phi) is 5.86. The molecule has 1 heterocycles. The minimum atomic E-state index is -1.45. The monoisotopic (exact) mass is 433 g/mol. The zero-order chi connectivity index (χ0) is 22.8. The van der Waals surface area contributed by atoms with Crippen molar-refractivity contribution in [3.05, 3.63) is 65.2 Å². The molecular formula is C20H17F2N3O6. The Morgan fingerprint density at radius 1 is 1.13 bits per heavy atom. The first-order valence-corrected chi connectivity index (χ1v) is 8.88. The summed E-state index contributed by atoms with van der Waals surface area (Å²) in [6.07, 6.45) is 0. The van der Waals surface area contributed by atoms with E-state index in [1.54, 1.807) is 24.3 Å². The summed E-state index contributed by atoms with van der Waals surface area (Å²) in [5, 5.41) is 2.94. The summed E-state index contributed by atoms with van der Waals surface area (Å²) in [7, 11) is 1.48. The third kappa shape index (κ3) is 4.29. The predicted octanol–water partition coefficient (Wildman–Crippen LogP) is 1.63. The summed E-state index contributed by atoms with van der Waals surface area (Å²) < 4.78 is 36.2. The molecule has 0 radical (unpaired) electrons. The fraction of sp³-hybridized carbons (Fsp3) is 0.200.